The molecule has 0 aliphatic rings. The third-order valence-corrected chi connectivity index (χ3v) is 2.37. The maximum absolute atomic E-state index is 5.96. The summed E-state index contributed by atoms with van der Waals surface area (Å²) in [6, 6.07) is 1.74. The second-order valence-electron chi connectivity index (χ2n) is 3.25. The Kier molecular flexibility index (Phi) is 3.48. The molecule has 0 amide bonds. The fraction of sp³-hybridized carbons (Fsp3) is 0.300. The van der Waals surface area contributed by atoms with Gasteiger partial charge in [0.15, 0.2) is 0 Å². The number of pyridine rings is 1. The van der Waals surface area contributed by atoms with Crippen molar-refractivity contribution in [1.82, 2.24) is 15.2 Å². The van der Waals surface area contributed by atoms with Gasteiger partial charge in [-0.2, -0.15) is 0 Å². The summed E-state index contributed by atoms with van der Waals surface area (Å²) in [5.41, 5.74) is 6.10. The summed E-state index contributed by atoms with van der Waals surface area (Å²) in [5, 5.41) is 8.35. The van der Waals surface area contributed by atoms with Crippen LogP contribution < -0.4 is 5.73 Å². The molecule has 0 aliphatic heterocycles. The fourth-order valence-corrected chi connectivity index (χ4v) is 1.47. The summed E-state index contributed by atoms with van der Waals surface area (Å²) in [6.07, 6.45) is 4.68. The Morgan fingerprint density at radius 2 is 2.25 bits per heavy atom. The molecule has 0 atom stereocenters. The topological polar surface area (TPSA) is 77.8 Å². The number of halogens is 1. The third kappa shape index (κ3) is 2.37. The van der Waals surface area contributed by atoms with Gasteiger partial charge >= 0.3 is 0 Å². The van der Waals surface area contributed by atoms with Crippen molar-refractivity contribution in [2.24, 2.45) is 5.73 Å². The summed E-state index contributed by atoms with van der Waals surface area (Å²) in [6.45, 7) is 0.605. The summed E-state index contributed by atoms with van der Waals surface area (Å²) in [5.74, 6) is 0.993. The van der Waals surface area contributed by atoms with Crippen LogP contribution in [-0.2, 0) is 6.42 Å². The van der Waals surface area contributed by atoms with Crippen LogP contribution in [0.25, 0.3) is 11.5 Å². The molecule has 0 saturated heterocycles. The predicted molar refractivity (Wildman–Crippen MR) is 59.9 cm³/mol. The highest BCUT2D eigenvalue weighted by molar-refractivity contribution is 6.32. The first-order chi connectivity index (χ1) is 7.81. The van der Waals surface area contributed by atoms with E-state index in [1.54, 1.807) is 18.5 Å². The van der Waals surface area contributed by atoms with Gasteiger partial charge in [0.1, 0.15) is 0 Å². The Morgan fingerprint density at radius 3 is 3.00 bits per heavy atom. The summed E-state index contributed by atoms with van der Waals surface area (Å²) in [7, 11) is 0. The molecule has 0 aliphatic carbocycles. The van der Waals surface area contributed by atoms with E-state index >= 15 is 0 Å². The van der Waals surface area contributed by atoms with Gasteiger partial charge in [0.2, 0.25) is 11.8 Å². The predicted octanol–water partition coefficient (Wildman–Crippen LogP) is 1.68. The molecule has 84 valence electrons. The molecule has 0 radical (unpaired) electrons. The number of aryl methyl sites for hydroxylation is 1. The molecule has 5 nitrogen and oxygen atoms in total. The zero-order valence-electron chi connectivity index (χ0n) is 8.56. The van der Waals surface area contributed by atoms with Crippen molar-refractivity contribution >= 4 is 11.6 Å². The van der Waals surface area contributed by atoms with Crippen LogP contribution in [0.3, 0.4) is 0 Å². The van der Waals surface area contributed by atoms with Crippen molar-refractivity contribution < 1.29 is 4.42 Å². The van der Waals surface area contributed by atoms with E-state index in [4.69, 9.17) is 21.8 Å². The first-order valence-electron chi connectivity index (χ1n) is 4.93. The summed E-state index contributed by atoms with van der Waals surface area (Å²) in [4.78, 5) is 3.89. The maximum atomic E-state index is 5.96. The van der Waals surface area contributed by atoms with Gasteiger partial charge in [0.05, 0.1) is 10.6 Å². The van der Waals surface area contributed by atoms with E-state index in [1.807, 2.05) is 0 Å². The largest absolute Gasteiger partial charge is 0.421 e. The highest BCUT2D eigenvalue weighted by atomic mass is 35.5. The molecule has 2 rings (SSSR count). The molecular formula is C10H11ClN4O. The van der Waals surface area contributed by atoms with Crippen molar-refractivity contribution in [3.63, 3.8) is 0 Å². The molecule has 2 heterocycles. The van der Waals surface area contributed by atoms with Gasteiger partial charge in [-0.15, -0.1) is 10.2 Å². The molecule has 0 bridgehead atoms. The number of nitrogens with two attached hydrogens (primary N) is 1. The maximum Gasteiger partial charge on any atom is 0.249 e. The minimum absolute atomic E-state index is 0.416. The van der Waals surface area contributed by atoms with Gasteiger partial charge in [-0.05, 0) is 19.0 Å². The first-order valence-corrected chi connectivity index (χ1v) is 5.31. The molecule has 6 heteroatoms. The number of rotatable bonds is 4. The molecule has 0 spiro atoms. The lowest BCUT2D eigenvalue weighted by molar-refractivity contribution is 0.499. The van der Waals surface area contributed by atoms with Crippen LogP contribution >= 0.6 is 11.6 Å². The van der Waals surface area contributed by atoms with Crippen molar-refractivity contribution in [2.45, 2.75) is 12.8 Å². The van der Waals surface area contributed by atoms with Gasteiger partial charge in [-0.1, -0.05) is 11.6 Å². The highest BCUT2D eigenvalue weighted by Gasteiger charge is 2.11. The molecule has 0 fully saturated rings. The molecular weight excluding hydrogens is 228 g/mol. The number of hydrogen-bond acceptors (Lipinski definition) is 5. The van der Waals surface area contributed by atoms with E-state index in [2.05, 4.69) is 15.2 Å². The molecule has 0 unspecified atom stereocenters. The zero-order valence-corrected chi connectivity index (χ0v) is 9.31. The van der Waals surface area contributed by atoms with Crippen LogP contribution in [0.1, 0.15) is 12.3 Å². The van der Waals surface area contributed by atoms with Gasteiger partial charge in [0, 0.05) is 18.8 Å². The second kappa shape index (κ2) is 5.05. The molecule has 0 saturated carbocycles. The smallest absolute Gasteiger partial charge is 0.249 e. The molecule has 2 N–H and O–H groups in total. The second-order valence-corrected chi connectivity index (χ2v) is 3.66. The van der Waals surface area contributed by atoms with Gasteiger partial charge in [-0.25, -0.2) is 0 Å². The molecule has 2 aromatic heterocycles. The average molecular weight is 239 g/mol. The summed E-state index contributed by atoms with van der Waals surface area (Å²) >= 11 is 5.96. The lowest BCUT2D eigenvalue weighted by Gasteiger charge is -1.96. The van der Waals surface area contributed by atoms with Crippen LogP contribution in [0.5, 0.6) is 0 Å². The van der Waals surface area contributed by atoms with E-state index in [0.29, 0.717) is 35.3 Å². The minimum atomic E-state index is 0.416. The lowest BCUT2D eigenvalue weighted by Crippen LogP contribution is -2.00. The molecule has 2 aromatic rings. The van der Waals surface area contributed by atoms with Crippen molar-refractivity contribution in [2.75, 3.05) is 6.54 Å². The summed E-state index contributed by atoms with van der Waals surface area (Å²) < 4.78 is 5.46. The Bertz CT molecular complexity index is 471. The van der Waals surface area contributed by atoms with Crippen molar-refractivity contribution in [3.05, 3.63) is 29.4 Å². The van der Waals surface area contributed by atoms with Gasteiger partial charge in [0.25, 0.3) is 0 Å². The SMILES string of the molecule is NCCCc1nnc(-c2ccncc2Cl)o1. The van der Waals surface area contributed by atoms with Crippen LogP contribution in [0.15, 0.2) is 22.9 Å². The number of hydrogen-bond donors (Lipinski definition) is 1. The van der Waals surface area contributed by atoms with E-state index in [9.17, 15) is 0 Å². The Labute approximate surface area is 97.6 Å². The fourth-order valence-electron chi connectivity index (χ4n) is 1.27. The Balaban J connectivity index is 2.22. The van der Waals surface area contributed by atoms with Crippen LogP contribution in [0.4, 0.5) is 0 Å². The van der Waals surface area contributed by atoms with Crippen LogP contribution in [0.2, 0.25) is 5.02 Å². The van der Waals surface area contributed by atoms with Crippen molar-refractivity contribution in [1.29, 1.82) is 0 Å². The quantitative estimate of drug-likeness (QED) is 0.877. The monoisotopic (exact) mass is 238 g/mol. The Hall–Kier alpha value is -1.46. The van der Waals surface area contributed by atoms with E-state index in [-0.39, 0.29) is 0 Å². The minimum Gasteiger partial charge on any atom is -0.421 e. The standard InChI is InChI=1S/C10H11ClN4O/c11-8-6-13-5-3-7(8)10-15-14-9(16-10)2-1-4-12/h3,5-6H,1-2,4,12H2. The van der Waals surface area contributed by atoms with E-state index in [0.717, 1.165) is 6.42 Å². The lowest BCUT2D eigenvalue weighted by atomic mass is 10.3. The normalized spacial score (nSPS) is 10.6. The van der Waals surface area contributed by atoms with Gasteiger partial charge in [-0.3, -0.25) is 4.98 Å². The van der Waals surface area contributed by atoms with E-state index < -0.39 is 0 Å². The first kappa shape index (κ1) is 11.0. The van der Waals surface area contributed by atoms with Gasteiger partial charge < -0.3 is 10.2 Å². The molecule has 16 heavy (non-hydrogen) atoms. The Morgan fingerprint density at radius 1 is 1.38 bits per heavy atom. The van der Waals surface area contributed by atoms with Crippen LogP contribution in [0, 0.1) is 0 Å². The van der Waals surface area contributed by atoms with E-state index in [1.165, 1.54) is 0 Å². The average Bonchev–Trinajstić information content (AvgIpc) is 2.75. The third-order valence-electron chi connectivity index (χ3n) is 2.06. The zero-order chi connectivity index (χ0) is 11.4. The number of aromatic nitrogens is 3. The molecule has 0 aromatic carbocycles. The number of nitrogens with zero attached hydrogens (tertiary/aromatic N) is 3. The highest BCUT2D eigenvalue weighted by Crippen LogP contribution is 2.25. The van der Waals surface area contributed by atoms with Crippen molar-refractivity contribution in [3.8, 4) is 11.5 Å². The van der Waals surface area contributed by atoms with Crippen LogP contribution in [-0.4, -0.2) is 21.7 Å².